The third-order valence-corrected chi connectivity index (χ3v) is 4.11. The van der Waals surface area contributed by atoms with E-state index in [1.54, 1.807) is 24.3 Å². The molecule has 1 aliphatic carbocycles. The summed E-state index contributed by atoms with van der Waals surface area (Å²) in [5, 5.41) is 5.24. The first kappa shape index (κ1) is 17.5. The summed E-state index contributed by atoms with van der Waals surface area (Å²) < 4.78 is 5.70. The van der Waals surface area contributed by atoms with Crippen LogP contribution in [-0.2, 0) is 14.3 Å². The number of ether oxygens (including phenoxy) is 1. The van der Waals surface area contributed by atoms with Gasteiger partial charge in [-0.15, -0.1) is 0 Å². The Morgan fingerprint density at radius 1 is 1.26 bits per heavy atom. The third kappa shape index (κ3) is 6.02. The Labute approximate surface area is 143 Å². The Hall–Kier alpha value is -1.89. The Balaban J connectivity index is 1.65. The van der Waals surface area contributed by atoms with Gasteiger partial charge in [-0.1, -0.05) is 15.9 Å². The predicted molar refractivity (Wildman–Crippen MR) is 87.8 cm³/mol. The first-order chi connectivity index (χ1) is 11.0. The normalized spacial score (nSPS) is 14.7. The van der Waals surface area contributed by atoms with Crippen molar-refractivity contribution in [3.05, 3.63) is 34.3 Å². The van der Waals surface area contributed by atoms with Crippen LogP contribution in [0.4, 0.5) is 0 Å². The molecule has 0 saturated heterocycles. The topological polar surface area (TPSA) is 84.5 Å². The average molecular weight is 383 g/mol. The molecule has 1 aliphatic rings. The van der Waals surface area contributed by atoms with Crippen LogP contribution in [0.1, 0.15) is 30.1 Å². The maximum atomic E-state index is 11.8. The fourth-order valence-electron chi connectivity index (χ4n) is 2.06. The molecule has 1 saturated carbocycles. The van der Waals surface area contributed by atoms with Crippen molar-refractivity contribution in [2.24, 2.45) is 5.92 Å². The predicted octanol–water partition coefficient (Wildman–Crippen LogP) is 1.64. The molecule has 0 bridgehead atoms. The lowest BCUT2D eigenvalue weighted by Gasteiger charge is -2.12. The van der Waals surface area contributed by atoms with Gasteiger partial charge >= 0.3 is 5.97 Å². The summed E-state index contributed by atoms with van der Waals surface area (Å²) in [7, 11) is 0. The van der Waals surface area contributed by atoms with Crippen LogP contribution < -0.4 is 10.6 Å². The zero-order chi connectivity index (χ0) is 16.8. The summed E-state index contributed by atoms with van der Waals surface area (Å²) in [5.41, 5.74) is 0.442. The number of nitrogens with one attached hydrogen (secondary N) is 2. The fraction of sp³-hybridized carbons (Fsp3) is 0.438. The lowest BCUT2D eigenvalue weighted by Crippen LogP contribution is -2.38. The number of carbonyl (C=O) groups excluding carboxylic acids is 3. The SMILES string of the molecule is C[C@H](NC(=O)COC(=O)CNC(=O)c1ccc(Br)cc1)C1CC1. The standard InChI is InChI=1S/C16H19BrN2O4/c1-10(11-2-3-11)19-14(20)9-23-15(21)8-18-16(22)12-4-6-13(17)7-5-12/h4-7,10-11H,2-3,8-9H2,1H3,(H,18,22)(H,19,20)/t10-/m0/s1. The van der Waals surface area contributed by atoms with Gasteiger partial charge in [-0.05, 0) is 49.9 Å². The minimum absolute atomic E-state index is 0.110. The molecule has 6 nitrogen and oxygen atoms in total. The summed E-state index contributed by atoms with van der Waals surface area (Å²) in [6, 6.07) is 6.85. The van der Waals surface area contributed by atoms with Crippen LogP contribution in [-0.4, -0.2) is 37.0 Å². The molecule has 0 spiro atoms. The van der Waals surface area contributed by atoms with Gasteiger partial charge in [0.25, 0.3) is 11.8 Å². The number of rotatable bonds is 7. The van der Waals surface area contributed by atoms with Gasteiger partial charge in [0.05, 0.1) is 0 Å². The first-order valence-corrected chi connectivity index (χ1v) is 8.24. The quantitative estimate of drug-likeness (QED) is 0.702. The van der Waals surface area contributed by atoms with Gasteiger partial charge in [-0.3, -0.25) is 14.4 Å². The molecule has 124 valence electrons. The fourth-order valence-corrected chi connectivity index (χ4v) is 2.33. The van der Waals surface area contributed by atoms with Crippen molar-refractivity contribution in [3.8, 4) is 0 Å². The Morgan fingerprint density at radius 3 is 2.52 bits per heavy atom. The highest BCUT2D eigenvalue weighted by atomic mass is 79.9. The number of benzene rings is 1. The summed E-state index contributed by atoms with van der Waals surface area (Å²) in [5.74, 6) is -0.803. The van der Waals surface area contributed by atoms with Crippen LogP contribution in [0.15, 0.2) is 28.7 Å². The van der Waals surface area contributed by atoms with Crippen LogP contribution in [0.5, 0.6) is 0 Å². The summed E-state index contributed by atoms with van der Waals surface area (Å²) in [6.45, 7) is 1.33. The second kappa shape index (κ2) is 8.10. The molecule has 2 N–H and O–H groups in total. The van der Waals surface area contributed by atoms with Crippen LogP contribution in [0.3, 0.4) is 0 Å². The molecule has 0 heterocycles. The molecule has 7 heteroatoms. The molecule has 1 aromatic rings. The second-order valence-corrected chi connectivity index (χ2v) is 6.46. The van der Waals surface area contributed by atoms with Gasteiger partial charge < -0.3 is 15.4 Å². The van der Waals surface area contributed by atoms with E-state index >= 15 is 0 Å². The molecule has 1 atom stereocenters. The van der Waals surface area contributed by atoms with Gasteiger partial charge in [-0.2, -0.15) is 0 Å². The number of hydrogen-bond acceptors (Lipinski definition) is 4. The van der Waals surface area contributed by atoms with Crippen molar-refractivity contribution < 1.29 is 19.1 Å². The Morgan fingerprint density at radius 2 is 1.91 bits per heavy atom. The molecular weight excluding hydrogens is 364 g/mol. The maximum absolute atomic E-state index is 11.8. The summed E-state index contributed by atoms with van der Waals surface area (Å²) in [6.07, 6.45) is 2.26. The van der Waals surface area contributed by atoms with Crippen molar-refractivity contribution in [1.82, 2.24) is 10.6 Å². The highest BCUT2D eigenvalue weighted by Gasteiger charge is 2.28. The minimum Gasteiger partial charge on any atom is -0.454 e. The third-order valence-electron chi connectivity index (χ3n) is 3.58. The van der Waals surface area contributed by atoms with E-state index in [1.807, 2.05) is 6.92 Å². The van der Waals surface area contributed by atoms with Crippen LogP contribution >= 0.6 is 15.9 Å². The van der Waals surface area contributed by atoms with E-state index in [1.165, 1.54) is 0 Å². The molecule has 0 unspecified atom stereocenters. The van der Waals surface area contributed by atoms with Gasteiger partial charge in [-0.25, -0.2) is 0 Å². The zero-order valence-corrected chi connectivity index (χ0v) is 14.4. The van der Waals surface area contributed by atoms with Crippen molar-refractivity contribution in [3.63, 3.8) is 0 Å². The molecule has 0 radical (unpaired) electrons. The van der Waals surface area contributed by atoms with E-state index in [4.69, 9.17) is 4.74 Å². The smallest absolute Gasteiger partial charge is 0.325 e. The van der Waals surface area contributed by atoms with Gasteiger partial charge in [0.1, 0.15) is 6.54 Å². The highest BCUT2D eigenvalue weighted by molar-refractivity contribution is 9.10. The molecule has 0 aromatic heterocycles. The highest BCUT2D eigenvalue weighted by Crippen LogP contribution is 2.32. The minimum atomic E-state index is -0.648. The van der Waals surface area contributed by atoms with Crippen molar-refractivity contribution >= 4 is 33.7 Å². The molecule has 23 heavy (non-hydrogen) atoms. The maximum Gasteiger partial charge on any atom is 0.325 e. The Kier molecular flexibility index (Phi) is 6.15. The van der Waals surface area contributed by atoms with Crippen molar-refractivity contribution in [1.29, 1.82) is 0 Å². The number of halogens is 1. The van der Waals surface area contributed by atoms with E-state index in [0.717, 1.165) is 17.3 Å². The molecule has 1 fully saturated rings. The number of amides is 2. The van der Waals surface area contributed by atoms with E-state index < -0.39 is 5.97 Å². The zero-order valence-electron chi connectivity index (χ0n) is 12.8. The summed E-state index contributed by atoms with van der Waals surface area (Å²) in [4.78, 5) is 35.0. The molecule has 0 aliphatic heterocycles. The van der Waals surface area contributed by atoms with Crippen LogP contribution in [0.2, 0.25) is 0 Å². The van der Waals surface area contributed by atoms with E-state index in [9.17, 15) is 14.4 Å². The largest absolute Gasteiger partial charge is 0.454 e. The summed E-state index contributed by atoms with van der Waals surface area (Å²) >= 11 is 3.28. The average Bonchev–Trinajstić information content (AvgIpc) is 3.36. The first-order valence-electron chi connectivity index (χ1n) is 7.44. The van der Waals surface area contributed by atoms with Gasteiger partial charge in [0, 0.05) is 16.1 Å². The number of hydrogen-bond donors (Lipinski definition) is 2. The van der Waals surface area contributed by atoms with E-state index in [0.29, 0.717) is 11.5 Å². The molecule has 2 rings (SSSR count). The molecule has 2 amide bonds. The molecule has 1 aromatic carbocycles. The van der Waals surface area contributed by atoms with Crippen LogP contribution in [0, 0.1) is 5.92 Å². The van der Waals surface area contributed by atoms with E-state index in [2.05, 4.69) is 26.6 Å². The second-order valence-electron chi connectivity index (χ2n) is 5.54. The lowest BCUT2D eigenvalue weighted by atomic mass is 10.2. The van der Waals surface area contributed by atoms with Crippen molar-refractivity contribution in [2.45, 2.75) is 25.8 Å². The Bertz CT molecular complexity index is 584. The van der Waals surface area contributed by atoms with Gasteiger partial charge in [0.2, 0.25) is 0 Å². The van der Waals surface area contributed by atoms with Crippen LogP contribution in [0.25, 0.3) is 0 Å². The number of esters is 1. The lowest BCUT2D eigenvalue weighted by molar-refractivity contribution is -0.147. The molecular formula is C16H19BrN2O4. The van der Waals surface area contributed by atoms with E-state index in [-0.39, 0.29) is 31.0 Å². The van der Waals surface area contributed by atoms with Gasteiger partial charge in [0.15, 0.2) is 6.61 Å². The van der Waals surface area contributed by atoms with Crippen molar-refractivity contribution in [2.75, 3.05) is 13.2 Å². The monoisotopic (exact) mass is 382 g/mol. The number of carbonyl (C=O) groups is 3.